The highest BCUT2D eigenvalue weighted by Gasteiger charge is 2.30. The van der Waals surface area contributed by atoms with Crippen LogP contribution in [0.25, 0.3) is 5.69 Å². The average molecular weight is 349 g/mol. The Morgan fingerprint density at radius 2 is 1.91 bits per heavy atom. The molecule has 0 saturated heterocycles. The van der Waals surface area contributed by atoms with Crippen LogP contribution in [0.15, 0.2) is 29.3 Å². The molecule has 11 heteroatoms. The van der Waals surface area contributed by atoms with E-state index in [0.717, 1.165) is 16.9 Å². The Balaban J connectivity index is 0.00000264. The second-order valence-corrected chi connectivity index (χ2v) is 4.31. The summed E-state index contributed by atoms with van der Waals surface area (Å²) in [5, 5.41) is 7.73. The fourth-order valence-electron chi connectivity index (χ4n) is 1.67. The lowest BCUT2D eigenvalue weighted by Crippen LogP contribution is -2.24. The monoisotopic (exact) mass is 348 g/mol. The molecule has 0 aliphatic heterocycles. The van der Waals surface area contributed by atoms with Gasteiger partial charge in [0.2, 0.25) is 0 Å². The van der Waals surface area contributed by atoms with E-state index < -0.39 is 23.6 Å². The predicted molar refractivity (Wildman–Crippen MR) is 78.5 cm³/mol. The maximum absolute atomic E-state index is 12.7. The van der Waals surface area contributed by atoms with E-state index in [1.807, 2.05) is 0 Å². The molecule has 23 heavy (non-hydrogen) atoms. The van der Waals surface area contributed by atoms with Gasteiger partial charge in [-0.15, -0.1) is 17.5 Å². The lowest BCUT2D eigenvalue weighted by atomic mass is 10.2. The van der Waals surface area contributed by atoms with Gasteiger partial charge in [-0.25, -0.2) is 0 Å². The third kappa shape index (κ3) is 4.19. The van der Waals surface area contributed by atoms with Crippen LogP contribution in [0.4, 0.5) is 13.2 Å². The summed E-state index contributed by atoms with van der Waals surface area (Å²) in [4.78, 5) is 15.9. The number of aromatic nitrogens is 3. The smallest absolute Gasteiger partial charge is 0.370 e. The Morgan fingerprint density at radius 1 is 1.26 bits per heavy atom. The van der Waals surface area contributed by atoms with E-state index in [0.29, 0.717) is 0 Å². The van der Waals surface area contributed by atoms with Crippen LogP contribution in [-0.4, -0.2) is 26.9 Å². The zero-order chi connectivity index (χ0) is 16.5. The van der Waals surface area contributed by atoms with Crippen molar-refractivity contribution < 1.29 is 18.0 Å². The van der Waals surface area contributed by atoms with Gasteiger partial charge in [0, 0.05) is 0 Å². The van der Waals surface area contributed by atoms with Gasteiger partial charge in [-0.05, 0) is 25.1 Å². The standard InChI is InChI=1S/C12H11F3N6O.ClH/c1-6-9(10(22)18-11(16)17)20-21(19-6)8-4-2-3-7(5-8)12(13,14)15;/h2-5H,1H3,(H4,16,17,18,22);1H. The molecule has 0 spiro atoms. The molecule has 1 amide bonds. The quantitative estimate of drug-likeness (QED) is 0.629. The minimum atomic E-state index is -4.49. The topological polar surface area (TPSA) is 112 Å². The highest BCUT2D eigenvalue weighted by atomic mass is 35.5. The highest BCUT2D eigenvalue weighted by Crippen LogP contribution is 2.30. The van der Waals surface area contributed by atoms with Crippen molar-refractivity contribution in [1.29, 1.82) is 0 Å². The molecule has 124 valence electrons. The number of guanidine groups is 1. The molecule has 0 unspecified atom stereocenters. The molecule has 0 fully saturated rings. The number of nitrogens with two attached hydrogens (primary N) is 2. The molecule has 0 radical (unpaired) electrons. The molecule has 2 rings (SSSR count). The van der Waals surface area contributed by atoms with Crippen LogP contribution >= 0.6 is 12.4 Å². The first-order valence-corrected chi connectivity index (χ1v) is 5.94. The normalized spacial score (nSPS) is 10.8. The van der Waals surface area contributed by atoms with Gasteiger partial charge in [0.15, 0.2) is 11.7 Å². The van der Waals surface area contributed by atoms with Crippen molar-refractivity contribution in [2.24, 2.45) is 16.5 Å². The van der Waals surface area contributed by atoms with Gasteiger partial charge in [0.25, 0.3) is 0 Å². The molecule has 1 heterocycles. The first-order valence-electron chi connectivity index (χ1n) is 5.94. The summed E-state index contributed by atoms with van der Waals surface area (Å²) in [5.74, 6) is -1.27. The molecule has 0 bridgehead atoms. The number of rotatable bonds is 2. The number of nitrogens with zero attached hydrogens (tertiary/aromatic N) is 4. The van der Waals surface area contributed by atoms with Crippen LogP contribution in [0.3, 0.4) is 0 Å². The lowest BCUT2D eigenvalue weighted by Gasteiger charge is -2.07. The minimum Gasteiger partial charge on any atom is -0.370 e. The van der Waals surface area contributed by atoms with Crippen LogP contribution in [0.5, 0.6) is 0 Å². The number of aryl methyl sites for hydroxylation is 1. The highest BCUT2D eigenvalue weighted by molar-refractivity contribution is 6.01. The third-order valence-corrected chi connectivity index (χ3v) is 2.62. The Morgan fingerprint density at radius 3 is 2.48 bits per heavy atom. The summed E-state index contributed by atoms with van der Waals surface area (Å²) in [5.41, 5.74) is 9.43. The Kier molecular flexibility index (Phi) is 5.33. The number of amides is 1. The van der Waals surface area contributed by atoms with E-state index in [-0.39, 0.29) is 29.5 Å². The van der Waals surface area contributed by atoms with Crippen molar-refractivity contribution in [2.75, 3.05) is 0 Å². The molecule has 2 aromatic rings. The van der Waals surface area contributed by atoms with Crippen molar-refractivity contribution in [1.82, 2.24) is 15.0 Å². The summed E-state index contributed by atoms with van der Waals surface area (Å²) in [7, 11) is 0. The fourth-order valence-corrected chi connectivity index (χ4v) is 1.67. The molecule has 0 saturated carbocycles. The number of hydrogen-bond donors (Lipinski definition) is 2. The molecule has 1 aromatic heterocycles. The number of alkyl halides is 3. The maximum atomic E-state index is 12.7. The summed E-state index contributed by atoms with van der Waals surface area (Å²) in [6.45, 7) is 1.46. The van der Waals surface area contributed by atoms with Crippen LogP contribution in [0.1, 0.15) is 21.7 Å². The van der Waals surface area contributed by atoms with Crippen LogP contribution in [0, 0.1) is 6.92 Å². The molecule has 7 nitrogen and oxygen atoms in total. The molecule has 4 N–H and O–H groups in total. The number of carbonyl (C=O) groups excluding carboxylic acids is 1. The first-order chi connectivity index (χ1) is 10.2. The minimum absolute atomic E-state index is 0. The number of halogens is 4. The van der Waals surface area contributed by atoms with Crippen LogP contribution < -0.4 is 11.5 Å². The van der Waals surface area contributed by atoms with Crippen LogP contribution in [0.2, 0.25) is 0 Å². The van der Waals surface area contributed by atoms with E-state index in [2.05, 4.69) is 15.2 Å². The molecule has 0 atom stereocenters. The van der Waals surface area contributed by atoms with E-state index in [1.165, 1.54) is 19.1 Å². The number of aliphatic imine (C=N–C) groups is 1. The Bertz CT molecular complexity index is 751. The van der Waals surface area contributed by atoms with Gasteiger partial charge < -0.3 is 11.5 Å². The predicted octanol–water partition coefficient (Wildman–Crippen LogP) is 1.43. The van der Waals surface area contributed by atoms with E-state index in [1.54, 1.807) is 0 Å². The summed E-state index contributed by atoms with van der Waals surface area (Å²) < 4.78 is 38.1. The Hall–Kier alpha value is -2.62. The largest absolute Gasteiger partial charge is 0.416 e. The molecule has 0 aliphatic rings. The van der Waals surface area contributed by atoms with Crippen molar-refractivity contribution in [2.45, 2.75) is 13.1 Å². The SMILES string of the molecule is Cc1nn(-c2cccc(C(F)(F)F)c2)nc1C(=O)N=C(N)N.Cl. The van der Waals surface area contributed by atoms with E-state index >= 15 is 0 Å². The molecular formula is C12H12ClF3N6O. The van der Waals surface area contributed by atoms with Gasteiger partial charge >= 0.3 is 12.1 Å². The summed E-state index contributed by atoms with van der Waals surface area (Å²) >= 11 is 0. The fraction of sp³-hybridized carbons (Fsp3) is 0.167. The van der Waals surface area contributed by atoms with Crippen LogP contribution in [-0.2, 0) is 6.18 Å². The second kappa shape index (κ2) is 6.65. The van der Waals surface area contributed by atoms with Crippen molar-refractivity contribution in [3.63, 3.8) is 0 Å². The van der Waals surface area contributed by atoms with Gasteiger partial charge in [-0.1, -0.05) is 6.07 Å². The molecule has 0 aliphatic carbocycles. The van der Waals surface area contributed by atoms with Gasteiger partial charge in [-0.3, -0.25) is 4.79 Å². The number of carbonyl (C=O) groups is 1. The molecular weight excluding hydrogens is 337 g/mol. The molecule has 1 aromatic carbocycles. The van der Waals surface area contributed by atoms with Gasteiger partial charge in [0.1, 0.15) is 0 Å². The summed E-state index contributed by atoms with van der Waals surface area (Å²) in [6, 6.07) is 4.39. The van der Waals surface area contributed by atoms with Gasteiger partial charge in [-0.2, -0.15) is 28.1 Å². The van der Waals surface area contributed by atoms with Gasteiger partial charge in [0.05, 0.1) is 16.9 Å². The first kappa shape index (κ1) is 18.4. The van der Waals surface area contributed by atoms with Crippen molar-refractivity contribution in [3.05, 3.63) is 41.2 Å². The van der Waals surface area contributed by atoms with E-state index in [4.69, 9.17) is 11.5 Å². The summed E-state index contributed by atoms with van der Waals surface area (Å²) in [6.07, 6.45) is -4.49. The lowest BCUT2D eigenvalue weighted by molar-refractivity contribution is -0.137. The van der Waals surface area contributed by atoms with Crippen molar-refractivity contribution >= 4 is 24.3 Å². The number of benzene rings is 1. The van der Waals surface area contributed by atoms with Crippen molar-refractivity contribution in [3.8, 4) is 5.69 Å². The number of hydrogen-bond acceptors (Lipinski definition) is 3. The second-order valence-electron chi connectivity index (χ2n) is 4.31. The van der Waals surface area contributed by atoms with E-state index in [9.17, 15) is 18.0 Å². The zero-order valence-corrected chi connectivity index (χ0v) is 12.5. The zero-order valence-electron chi connectivity index (χ0n) is 11.7. The third-order valence-electron chi connectivity index (χ3n) is 2.62. The average Bonchev–Trinajstić information content (AvgIpc) is 2.79. The maximum Gasteiger partial charge on any atom is 0.416 e. The Labute approximate surface area is 134 Å².